The fraction of sp³-hybridized carbons (Fsp3) is 0.471. The zero-order valence-corrected chi connectivity index (χ0v) is 18.6. The SMILES string of the molecule is O=C(NNC(=O)c1csc(N2CCOCC2)n1)NNC(=O)c1csc(N2CCOCC2)n1. The van der Waals surface area contributed by atoms with E-state index in [2.05, 4.69) is 31.7 Å². The molecule has 15 heteroatoms. The predicted octanol–water partition coefficient (Wildman–Crippen LogP) is -0.438. The summed E-state index contributed by atoms with van der Waals surface area (Å²) >= 11 is 2.68. The minimum absolute atomic E-state index is 0.180. The lowest BCUT2D eigenvalue weighted by molar-refractivity contribution is 0.0924. The van der Waals surface area contributed by atoms with Crippen LogP contribution in [0, 0.1) is 0 Å². The average molecular weight is 483 g/mol. The van der Waals surface area contributed by atoms with Crippen molar-refractivity contribution in [2.45, 2.75) is 0 Å². The third kappa shape index (κ3) is 5.61. The lowest BCUT2D eigenvalue weighted by Gasteiger charge is -2.25. The molecule has 2 aliphatic heterocycles. The van der Waals surface area contributed by atoms with Gasteiger partial charge < -0.3 is 19.3 Å². The first-order valence-corrected chi connectivity index (χ1v) is 11.6. The highest BCUT2D eigenvalue weighted by Gasteiger charge is 2.19. The van der Waals surface area contributed by atoms with Crippen LogP contribution in [0.1, 0.15) is 21.0 Å². The fourth-order valence-corrected chi connectivity index (χ4v) is 4.64. The van der Waals surface area contributed by atoms with Crippen molar-refractivity contribution in [1.29, 1.82) is 0 Å². The smallest absolute Gasteiger partial charge is 0.352 e. The van der Waals surface area contributed by atoms with E-state index < -0.39 is 17.8 Å². The van der Waals surface area contributed by atoms with Gasteiger partial charge in [-0.15, -0.1) is 22.7 Å². The Morgan fingerprint density at radius 2 is 1.12 bits per heavy atom. The summed E-state index contributed by atoms with van der Waals surface area (Å²) in [6, 6.07) is -0.820. The van der Waals surface area contributed by atoms with Crippen LogP contribution < -0.4 is 31.5 Å². The molecule has 0 bridgehead atoms. The number of ether oxygens (including phenoxy) is 2. The van der Waals surface area contributed by atoms with Gasteiger partial charge in [-0.25, -0.2) is 25.6 Å². The first-order chi connectivity index (χ1) is 15.6. The quantitative estimate of drug-likeness (QED) is 0.425. The largest absolute Gasteiger partial charge is 0.378 e. The number of carbonyl (C=O) groups excluding carboxylic acids is 3. The molecule has 2 saturated heterocycles. The number of nitrogens with zero attached hydrogens (tertiary/aromatic N) is 4. The van der Waals surface area contributed by atoms with Gasteiger partial charge in [0.05, 0.1) is 26.4 Å². The van der Waals surface area contributed by atoms with Crippen LogP contribution in [0.5, 0.6) is 0 Å². The Balaban J connectivity index is 1.19. The first-order valence-electron chi connectivity index (χ1n) is 9.83. The van der Waals surface area contributed by atoms with E-state index in [-0.39, 0.29) is 11.4 Å². The summed E-state index contributed by atoms with van der Waals surface area (Å²) in [5.41, 5.74) is 9.16. The predicted molar refractivity (Wildman–Crippen MR) is 117 cm³/mol. The second-order valence-electron chi connectivity index (χ2n) is 6.72. The van der Waals surface area contributed by atoms with Crippen LogP contribution in [-0.2, 0) is 9.47 Å². The minimum Gasteiger partial charge on any atom is -0.378 e. The summed E-state index contributed by atoms with van der Waals surface area (Å²) in [5.74, 6) is -1.14. The second kappa shape index (κ2) is 10.5. The van der Waals surface area contributed by atoms with Crippen LogP contribution >= 0.6 is 22.7 Å². The maximum Gasteiger partial charge on any atom is 0.352 e. The number of amides is 4. The number of nitrogens with one attached hydrogen (secondary N) is 4. The third-order valence-corrected chi connectivity index (χ3v) is 6.39. The van der Waals surface area contributed by atoms with E-state index in [0.717, 1.165) is 10.3 Å². The number of anilines is 2. The van der Waals surface area contributed by atoms with E-state index in [1.807, 2.05) is 9.80 Å². The molecule has 4 heterocycles. The van der Waals surface area contributed by atoms with Crippen LogP contribution in [-0.4, -0.2) is 80.4 Å². The van der Waals surface area contributed by atoms with E-state index in [0.29, 0.717) is 52.6 Å². The highest BCUT2D eigenvalue weighted by molar-refractivity contribution is 7.14. The molecule has 32 heavy (non-hydrogen) atoms. The zero-order chi connectivity index (χ0) is 22.3. The van der Waals surface area contributed by atoms with Crippen molar-refractivity contribution in [2.24, 2.45) is 0 Å². The van der Waals surface area contributed by atoms with E-state index in [4.69, 9.17) is 9.47 Å². The lowest BCUT2D eigenvalue weighted by atomic mass is 10.4. The number of thiazole rings is 2. The number of hydrogen-bond donors (Lipinski definition) is 4. The maximum atomic E-state index is 12.2. The van der Waals surface area contributed by atoms with Crippen molar-refractivity contribution in [3.05, 3.63) is 22.1 Å². The molecule has 2 aromatic heterocycles. The molecule has 2 aromatic rings. The van der Waals surface area contributed by atoms with Crippen LogP contribution in [0.4, 0.5) is 15.1 Å². The van der Waals surface area contributed by atoms with Crippen molar-refractivity contribution < 1.29 is 23.9 Å². The summed E-state index contributed by atoms with van der Waals surface area (Å²) in [4.78, 5) is 48.9. The van der Waals surface area contributed by atoms with Gasteiger partial charge in [-0.05, 0) is 0 Å². The third-order valence-electron chi connectivity index (χ3n) is 4.59. The van der Waals surface area contributed by atoms with Gasteiger partial charge in [-0.3, -0.25) is 20.4 Å². The molecule has 4 rings (SSSR count). The molecule has 0 aliphatic carbocycles. The van der Waals surface area contributed by atoms with Crippen molar-refractivity contribution in [3.63, 3.8) is 0 Å². The fourth-order valence-electron chi connectivity index (χ4n) is 2.92. The van der Waals surface area contributed by atoms with Gasteiger partial charge in [0.15, 0.2) is 10.3 Å². The molecule has 13 nitrogen and oxygen atoms in total. The molecule has 0 atom stereocenters. The number of carbonyl (C=O) groups is 3. The van der Waals surface area contributed by atoms with Crippen LogP contribution in [0.2, 0.25) is 0 Å². The van der Waals surface area contributed by atoms with Gasteiger partial charge in [0.2, 0.25) is 0 Å². The highest BCUT2D eigenvalue weighted by Crippen LogP contribution is 2.22. The second-order valence-corrected chi connectivity index (χ2v) is 8.39. The number of hydrogen-bond acceptors (Lipinski definition) is 11. The highest BCUT2D eigenvalue weighted by atomic mass is 32.1. The van der Waals surface area contributed by atoms with Gasteiger partial charge in [0, 0.05) is 36.9 Å². The molecule has 0 radical (unpaired) electrons. The molecule has 4 amide bonds. The summed E-state index contributed by atoms with van der Waals surface area (Å²) in [6.07, 6.45) is 0. The maximum absolute atomic E-state index is 12.2. The zero-order valence-electron chi connectivity index (χ0n) is 17.0. The van der Waals surface area contributed by atoms with Crippen molar-refractivity contribution in [3.8, 4) is 0 Å². The Labute approximate surface area is 191 Å². The number of urea groups is 1. The number of rotatable bonds is 4. The summed E-state index contributed by atoms with van der Waals surface area (Å²) in [6.45, 7) is 5.30. The Kier molecular flexibility index (Phi) is 7.31. The van der Waals surface area contributed by atoms with Crippen molar-refractivity contribution in [1.82, 2.24) is 31.7 Å². The van der Waals surface area contributed by atoms with E-state index >= 15 is 0 Å². The molecule has 172 valence electrons. The average Bonchev–Trinajstić information content (AvgIpc) is 3.53. The molecular weight excluding hydrogens is 460 g/mol. The molecule has 0 unspecified atom stereocenters. The van der Waals surface area contributed by atoms with E-state index in [1.54, 1.807) is 10.8 Å². The lowest BCUT2D eigenvalue weighted by Crippen LogP contribution is -2.52. The van der Waals surface area contributed by atoms with Gasteiger partial charge in [0.1, 0.15) is 11.4 Å². The number of morpholine rings is 2. The minimum atomic E-state index is -0.820. The Bertz CT molecular complexity index is 880. The van der Waals surface area contributed by atoms with Crippen LogP contribution in [0.3, 0.4) is 0 Å². The molecule has 2 aliphatic rings. The normalized spacial score (nSPS) is 16.4. The van der Waals surface area contributed by atoms with Gasteiger partial charge in [-0.1, -0.05) is 0 Å². The van der Waals surface area contributed by atoms with Crippen LogP contribution in [0.15, 0.2) is 10.8 Å². The van der Waals surface area contributed by atoms with Crippen molar-refractivity contribution in [2.75, 3.05) is 62.4 Å². The molecular formula is C17H22N8O5S2. The number of hydrazine groups is 2. The standard InChI is InChI=1S/C17H22N8O5S2/c26-13(11-9-31-16(18-11)24-1-5-29-6-2-24)20-22-15(28)23-21-14(27)12-10-32-17(19-12)25-3-7-30-8-4-25/h9-10H,1-8H2,(H,20,26)(H,21,27)(H2,22,23,28). The first kappa shape index (κ1) is 22.2. The topological polar surface area (TPSA) is 150 Å². The molecule has 0 spiro atoms. The molecule has 4 N–H and O–H groups in total. The van der Waals surface area contributed by atoms with Gasteiger partial charge >= 0.3 is 6.03 Å². The summed E-state index contributed by atoms with van der Waals surface area (Å²) < 4.78 is 10.6. The monoisotopic (exact) mass is 482 g/mol. The Morgan fingerprint density at radius 1 is 0.719 bits per heavy atom. The van der Waals surface area contributed by atoms with Gasteiger partial charge in [0.25, 0.3) is 11.8 Å². The summed E-state index contributed by atoms with van der Waals surface area (Å²) in [5, 5.41) is 4.65. The van der Waals surface area contributed by atoms with Gasteiger partial charge in [-0.2, -0.15) is 0 Å². The summed E-state index contributed by atoms with van der Waals surface area (Å²) in [7, 11) is 0. The molecule has 0 aromatic carbocycles. The van der Waals surface area contributed by atoms with Crippen molar-refractivity contribution >= 4 is 50.8 Å². The number of aromatic nitrogens is 2. The van der Waals surface area contributed by atoms with Crippen LogP contribution in [0.25, 0.3) is 0 Å². The Morgan fingerprint density at radius 3 is 1.53 bits per heavy atom. The molecule has 2 fully saturated rings. The Hall–Kier alpha value is -3.01. The van der Waals surface area contributed by atoms with E-state index in [1.165, 1.54) is 22.7 Å². The van der Waals surface area contributed by atoms with E-state index in [9.17, 15) is 14.4 Å². The molecule has 0 saturated carbocycles.